The topological polar surface area (TPSA) is 21.3 Å². The van der Waals surface area contributed by atoms with E-state index in [-0.39, 0.29) is 11.9 Å². The Morgan fingerprint density at radius 2 is 1.95 bits per heavy atom. The quantitative estimate of drug-likeness (QED) is 0.827. The minimum absolute atomic E-state index is 0.308. The molecule has 1 N–H and O–H groups in total. The van der Waals surface area contributed by atoms with Crippen molar-refractivity contribution >= 4 is 27.5 Å². The summed E-state index contributed by atoms with van der Waals surface area (Å²) in [5, 5.41) is 3.62. The van der Waals surface area contributed by atoms with E-state index in [1.54, 1.807) is 20.2 Å². The first-order chi connectivity index (χ1) is 9.97. The molecule has 2 aromatic rings. The highest BCUT2D eigenvalue weighted by Gasteiger charge is 2.21. The third kappa shape index (κ3) is 3.39. The second-order valence-electron chi connectivity index (χ2n) is 4.73. The first-order valence-electron chi connectivity index (χ1n) is 6.44. The number of ether oxygens (including phenoxy) is 1. The fourth-order valence-corrected chi connectivity index (χ4v) is 2.83. The Balaban J connectivity index is 2.61. The fourth-order valence-electron chi connectivity index (χ4n) is 2.29. The lowest BCUT2D eigenvalue weighted by molar-refractivity contribution is 0.404. The molecule has 0 radical (unpaired) electrons. The van der Waals surface area contributed by atoms with E-state index in [0.717, 1.165) is 15.6 Å². The molecule has 0 aliphatic carbocycles. The van der Waals surface area contributed by atoms with E-state index in [2.05, 4.69) is 21.2 Å². The van der Waals surface area contributed by atoms with Gasteiger partial charge < -0.3 is 10.1 Å². The summed E-state index contributed by atoms with van der Waals surface area (Å²) in [7, 11) is 3.38. The van der Waals surface area contributed by atoms with Gasteiger partial charge in [0.1, 0.15) is 11.6 Å². The maximum atomic E-state index is 14.2. The molecular formula is C16H16BrClFNO. The molecule has 0 fully saturated rings. The smallest absolute Gasteiger partial charge is 0.128 e. The maximum absolute atomic E-state index is 14.2. The third-order valence-electron chi connectivity index (χ3n) is 3.38. The number of methoxy groups -OCH3 is 1. The Hall–Kier alpha value is -1.10. The van der Waals surface area contributed by atoms with Crippen molar-refractivity contribution in [3.8, 4) is 5.75 Å². The molecule has 0 heterocycles. The van der Waals surface area contributed by atoms with Gasteiger partial charge in [0.05, 0.1) is 13.2 Å². The van der Waals surface area contributed by atoms with E-state index in [0.29, 0.717) is 16.3 Å². The van der Waals surface area contributed by atoms with Crippen molar-refractivity contribution in [3.63, 3.8) is 0 Å². The second-order valence-corrected chi connectivity index (χ2v) is 6.02. The largest absolute Gasteiger partial charge is 0.496 e. The van der Waals surface area contributed by atoms with E-state index in [1.807, 2.05) is 19.1 Å². The van der Waals surface area contributed by atoms with Crippen molar-refractivity contribution in [2.45, 2.75) is 13.0 Å². The van der Waals surface area contributed by atoms with Crippen LogP contribution in [0.3, 0.4) is 0 Å². The number of aryl methyl sites for hydroxylation is 1. The van der Waals surface area contributed by atoms with E-state index in [9.17, 15) is 4.39 Å². The molecule has 0 bridgehead atoms. The van der Waals surface area contributed by atoms with Crippen LogP contribution in [0.5, 0.6) is 5.75 Å². The zero-order valence-electron chi connectivity index (χ0n) is 12.0. The molecule has 2 rings (SSSR count). The average Bonchev–Trinajstić information content (AvgIpc) is 2.46. The summed E-state index contributed by atoms with van der Waals surface area (Å²) in [4.78, 5) is 0. The first kappa shape index (κ1) is 16.3. The van der Waals surface area contributed by atoms with E-state index < -0.39 is 0 Å². The molecule has 112 valence electrons. The highest BCUT2D eigenvalue weighted by molar-refractivity contribution is 9.10. The molecule has 2 aromatic carbocycles. The Labute approximate surface area is 137 Å². The zero-order chi connectivity index (χ0) is 15.6. The Bertz CT molecular complexity index is 663. The average molecular weight is 373 g/mol. The SMILES string of the molecule is CNC(c1cc(Cl)ccc1F)c1cc(Br)c(C)cc1OC. The van der Waals surface area contributed by atoms with Crippen molar-refractivity contribution < 1.29 is 9.13 Å². The number of benzene rings is 2. The van der Waals surface area contributed by atoms with Crippen LogP contribution in [0.25, 0.3) is 0 Å². The predicted molar refractivity (Wildman–Crippen MR) is 87.7 cm³/mol. The van der Waals surface area contributed by atoms with Crippen molar-refractivity contribution in [1.29, 1.82) is 0 Å². The lowest BCUT2D eigenvalue weighted by atomic mass is 9.96. The molecule has 0 spiro atoms. The first-order valence-corrected chi connectivity index (χ1v) is 7.61. The van der Waals surface area contributed by atoms with Crippen LogP contribution in [0.2, 0.25) is 5.02 Å². The van der Waals surface area contributed by atoms with Gasteiger partial charge in [0.25, 0.3) is 0 Å². The fraction of sp³-hybridized carbons (Fsp3) is 0.250. The summed E-state index contributed by atoms with van der Waals surface area (Å²) < 4.78 is 20.5. The van der Waals surface area contributed by atoms with E-state index in [1.165, 1.54) is 12.1 Å². The van der Waals surface area contributed by atoms with Gasteiger partial charge in [-0.2, -0.15) is 0 Å². The van der Waals surface area contributed by atoms with Gasteiger partial charge in [0.15, 0.2) is 0 Å². The van der Waals surface area contributed by atoms with E-state index in [4.69, 9.17) is 16.3 Å². The summed E-state index contributed by atoms with van der Waals surface area (Å²) in [6.45, 7) is 1.98. The molecule has 0 saturated carbocycles. The minimum atomic E-state index is -0.351. The highest BCUT2D eigenvalue weighted by atomic mass is 79.9. The van der Waals surface area contributed by atoms with Crippen molar-refractivity contribution in [1.82, 2.24) is 5.32 Å². The molecule has 1 unspecified atom stereocenters. The van der Waals surface area contributed by atoms with Gasteiger partial charge in [-0.05, 0) is 49.9 Å². The monoisotopic (exact) mass is 371 g/mol. The second kappa shape index (κ2) is 6.77. The summed E-state index contributed by atoms with van der Waals surface area (Å²) in [5.74, 6) is 0.395. The van der Waals surface area contributed by atoms with Gasteiger partial charge >= 0.3 is 0 Å². The summed E-state index contributed by atoms with van der Waals surface area (Å²) in [5.41, 5.74) is 2.38. The van der Waals surface area contributed by atoms with Gasteiger partial charge in [0.2, 0.25) is 0 Å². The van der Waals surface area contributed by atoms with Crippen LogP contribution in [-0.4, -0.2) is 14.2 Å². The van der Waals surface area contributed by atoms with Gasteiger partial charge in [-0.1, -0.05) is 27.5 Å². The van der Waals surface area contributed by atoms with Crippen LogP contribution in [0.1, 0.15) is 22.7 Å². The van der Waals surface area contributed by atoms with Crippen LogP contribution in [0.4, 0.5) is 4.39 Å². The molecule has 0 aliphatic rings. The third-order valence-corrected chi connectivity index (χ3v) is 4.47. The number of nitrogens with one attached hydrogen (secondary N) is 1. The molecular weight excluding hydrogens is 357 g/mol. The molecule has 21 heavy (non-hydrogen) atoms. The lowest BCUT2D eigenvalue weighted by Crippen LogP contribution is -2.20. The molecule has 1 atom stereocenters. The number of halogens is 3. The molecule has 2 nitrogen and oxygen atoms in total. The Morgan fingerprint density at radius 1 is 1.24 bits per heavy atom. The van der Waals surface area contributed by atoms with Crippen molar-refractivity contribution in [3.05, 3.63) is 62.3 Å². The van der Waals surface area contributed by atoms with Crippen LogP contribution in [-0.2, 0) is 0 Å². The molecule has 0 aromatic heterocycles. The van der Waals surface area contributed by atoms with Crippen molar-refractivity contribution in [2.24, 2.45) is 0 Å². The summed E-state index contributed by atoms with van der Waals surface area (Å²) in [6, 6.07) is 8.05. The molecule has 0 saturated heterocycles. The Kier molecular flexibility index (Phi) is 5.25. The van der Waals surface area contributed by atoms with Gasteiger partial charge in [-0.3, -0.25) is 0 Å². The number of rotatable bonds is 4. The number of hydrogen-bond donors (Lipinski definition) is 1. The molecule has 0 amide bonds. The Morgan fingerprint density at radius 3 is 2.57 bits per heavy atom. The zero-order valence-corrected chi connectivity index (χ0v) is 14.3. The van der Waals surface area contributed by atoms with Gasteiger partial charge in [0, 0.05) is 20.6 Å². The molecule has 0 aliphatic heterocycles. The van der Waals surface area contributed by atoms with Gasteiger partial charge in [-0.15, -0.1) is 0 Å². The van der Waals surface area contributed by atoms with Crippen molar-refractivity contribution in [2.75, 3.05) is 14.2 Å². The number of hydrogen-bond acceptors (Lipinski definition) is 2. The summed E-state index contributed by atoms with van der Waals surface area (Å²) in [6.07, 6.45) is 0. The van der Waals surface area contributed by atoms with Crippen LogP contribution >= 0.6 is 27.5 Å². The summed E-state index contributed by atoms with van der Waals surface area (Å²) >= 11 is 9.51. The maximum Gasteiger partial charge on any atom is 0.128 e. The van der Waals surface area contributed by atoms with Crippen LogP contribution in [0, 0.1) is 12.7 Å². The highest BCUT2D eigenvalue weighted by Crippen LogP contribution is 2.35. The normalized spacial score (nSPS) is 12.3. The standard InChI is InChI=1S/C16H16BrClFNO/c1-9-6-15(21-3)12(8-13(9)17)16(20-2)11-7-10(18)4-5-14(11)19/h4-8,16,20H,1-3H3. The predicted octanol–water partition coefficient (Wildman–Crippen LogP) is 4.87. The van der Waals surface area contributed by atoms with Crippen LogP contribution in [0.15, 0.2) is 34.8 Å². The van der Waals surface area contributed by atoms with Gasteiger partial charge in [-0.25, -0.2) is 4.39 Å². The van der Waals surface area contributed by atoms with E-state index >= 15 is 0 Å². The lowest BCUT2D eigenvalue weighted by Gasteiger charge is -2.21. The van der Waals surface area contributed by atoms with Crippen LogP contribution < -0.4 is 10.1 Å². The minimum Gasteiger partial charge on any atom is -0.496 e. The molecule has 5 heteroatoms.